The molecule has 0 radical (unpaired) electrons. The summed E-state index contributed by atoms with van der Waals surface area (Å²) in [6, 6.07) is 0. The summed E-state index contributed by atoms with van der Waals surface area (Å²) in [6.07, 6.45) is 92.3. The molecule has 0 aromatic carbocycles. The number of allylic oxidation sites excluding steroid dienone is 4. The van der Waals surface area contributed by atoms with Crippen LogP contribution in [0.2, 0.25) is 0 Å². The molecule has 0 aliphatic carbocycles. The van der Waals surface area contributed by atoms with E-state index < -0.39 is 0 Å². The van der Waals surface area contributed by atoms with Crippen LogP contribution in [0.5, 0.6) is 0 Å². The monoisotopic (exact) mass is 921 g/mol. The molecule has 0 nitrogen and oxygen atoms in total. The third-order valence-electron chi connectivity index (χ3n) is 15.3. The van der Waals surface area contributed by atoms with Gasteiger partial charge in [0.1, 0.15) is 0 Å². The van der Waals surface area contributed by atoms with Crippen LogP contribution in [0.3, 0.4) is 0 Å². The van der Waals surface area contributed by atoms with Crippen LogP contribution in [0.15, 0.2) is 37.0 Å². The Hall–Kier alpha value is -0.780. The van der Waals surface area contributed by atoms with Gasteiger partial charge in [0, 0.05) is 0 Å². The molecular formula is C66H128. The molecule has 392 valence electrons. The van der Waals surface area contributed by atoms with Crippen molar-refractivity contribution < 1.29 is 0 Å². The first-order chi connectivity index (χ1) is 32.8. The van der Waals surface area contributed by atoms with Gasteiger partial charge in [-0.2, -0.15) is 0 Å². The third-order valence-corrected chi connectivity index (χ3v) is 15.3. The minimum absolute atomic E-state index is 1.21. The lowest BCUT2D eigenvalue weighted by atomic mass is 9.97. The Kier molecular flexibility index (Phi) is 61.5. The smallest absolute Gasteiger partial charge is 0.0320 e. The molecule has 0 unspecified atom stereocenters. The topological polar surface area (TPSA) is 0 Å². The summed E-state index contributed by atoms with van der Waals surface area (Å²) in [6.45, 7) is 10.00. The molecule has 0 aliphatic heterocycles. The van der Waals surface area contributed by atoms with Gasteiger partial charge in [-0.05, 0) is 64.2 Å². The summed E-state index contributed by atoms with van der Waals surface area (Å²) in [5.41, 5.74) is 1.83. The van der Waals surface area contributed by atoms with E-state index in [-0.39, 0.29) is 0 Å². The van der Waals surface area contributed by atoms with Gasteiger partial charge in [0.2, 0.25) is 0 Å². The summed E-state index contributed by atoms with van der Waals surface area (Å²) in [7, 11) is 0. The van der Waals surface area contributed by atoms with Crippen LogP contribution in [0.1, 0.15) is 386 Å². The van der Waals surface area contributed by atoms with E-state index in [4.69, 9.17) is 0 Å². The summed E-state index contributed by atoms with van der Waals surface area (Å²) in [4.78, 5) is 0. The van der Waals surface area contributed by atoms with E-state index in [1.54, 1.807) is 0 Å². The molecule has 0 rings (SSSR count). The van der Waals surface area contributed by atoms with Gasteiger partial charge in [0.25, 0.3) is 0 Å². The zero-order valence-corrected chi connectivity index (χ0v) is 46.4. The molecule has 0 aromatic heterocycles. The summed E-state index contributed by atoms with van der Waals surface area (Å²) in [5, 5.41) is 0. The Balaban J connectivity index is 4.03. The standard InChI is InChI=1S/C66H128/c1-4-7-10-13-16-19-22-25-28-31-34-36-38-41-44-47-50-53-56-59-62-65-66(63-60-57-54-51-48-45-42-39-33-30-27-24-21-18-15-12-9-6-3)64-61-58-55-52-49-46-43-40-37-35-32-29-26-23-20-17-14-11-8-5-2/h5-6,65H,2-4,7-64H2,1H3. The second-order valence-corrected chi connectivity index (χ2v) is 22.0. The van der Waals surface area contributed by atoms with Gasteiger partial charge in [-0.1, -0.05) is 345 Å². The highest BCUT2D eigenvalue weighted by molar-refractivity contribution is 5.02. The predicted octanol–water partition coefficient (Wildman–Crippen LogP) is 25.3. The van der Waals surface area contributed by atoms with Crippen LogP contribution in [0.25, 0.3) is 0 Å². The lowest BCUT2D eigenvalue weighted by molar-refractivity contribution is 0.521. The highest BCUT2D eigenvalue weighted by Crippen LogP contribution is 2.22. The fourth-order valence-corrected chi connectivity index (χ4v) is 10.6. The molecular weight excluding hydrogens is 793 g/mol. The van der Waals surface area contributed by atoms with Gasteiger partial charge in [-0.25, -0.2) is 0 Å². The van der Waals surface area contributed by atoms with E-state index in [0.29, 0.717) is 0 Å². The minimum Gasteiger partial charge on any atom is -0.103 e. The van der Waals surface area contributed by atoms with Crippen molar-refractivity contribution in [2.45, 2.75) is 386 Å². The molecule has 0 heterocycles. The molecule has 0 heteroatoms. The predicted molar refractivity (Wildman–Crippen MR) is 307 cm³/mol. The molecule has 0 bridgehead atoms. The maximum Gasteiger partial charge on any atom is -0.0320 e. The van der Waals surface area contributed by atoms with Crippen molar-refractivity contribution in [3.8, 4) is 0 Å². The Labute approximate surface area is 420 Å². The highest BCUT2D eigenvalue weighted by atomic mass is 14.1. The Morgan fingerprint density at radius 3 is 0.576 bits per heavy atom. The van der Waals surface area contributed by atoms with Crippen molar-refractivity contribution in [3.63, 3.8) is 0 Å². The average Bonchev–Trinajstić information content (AvgIpc) is 3.33. The second kappa shape index (κ2) is 62.2. The van der Waals surface area contributed by atoms with Gasteiger partial charge in [-0.3, -0.25) is 0 Å². The van der Waals surface area contributed by atoms with E-state index in [9.17, 15) is 0 Å². The van der Waals surface area contributed by atoms with E-state index in [1.807, 2.05) is 5.57 Å². The Bertz CT molecular complexity index is 894. The van der Waals surface area contributed by atoms with Crippen molar-refractivity contribution in [1.29, 1.82) is 0 Å². The molecule has 66 heavy (non-hydrogen) atoms. The molecule has 0 aliphatic rings. The second-order valence-electron chi connectivity index (χ2n) is 22.0. The van der Waals surface area contributed by atoms with E-state index in [2.05, 4.69) is 38.3 Å². The van der Waals surface area contributed by atoms with Crippen molar-refractivity contribution in [2.24, 2.45) is 0 Å². The molecule has 0 fully saturated rings. The fraction of sp³-hybridized carbons (Fsp3) is 0.909. The molecule has 0 aromatic rings. The normalized spacial score (nSPS) is 11.9. The van der Waals surface area contributed by atoms with Gasteiger partial charge in [-0.15, -0.1) is 13.2 Å². The molecule has 0 atom stereocenters. The first-order valence-corrected chi connectivity index (χ1v) is 31.7. The van der Waals surface area contributed by atoms with Gasteiger partial charge in [0.05, 0.1) is 0 Å². The van der Waals surface area contributed by atoms with Crippen molar-refractivity contribution in [3.05, 3.63) is 37.0 Å². The third kappa shape index (κ3) is 59.3. The Morgan fingerprint density at radius 2 is 0.379 bits per heavy atom. The number of unbranched alkanes of at least 4 members (excludes halogenated alkanes) is 54. The maximum atomic E-state index is 3.84. The van der Waals surface area contributed by atoms with Crippen LogP contribution >= 0.6 is 0 Å². The molecule has 0 saturated heterocycles. The molecule has 0 spiro atoms. The van der Waals surface area contributed by atoms with Crippen LogP contribution in [0.4, 0.5) is 0 Å². The van der Waals surface area contributed by atoms with E-state index in [1.165, 1.54) is 379 Å². The van der Waals surface area contributed by atoms with E-state index >= 15 is 0 Å². The number of hydrogen-bond donors (Lipinski definition) is 0. The summed E-state index contributed by atoms with van der Waals surface area (Å²) < 4.78 is 0. The van der Waals surface area contributed by atoms with Crippen LogP contribution in [0, 0.1) is 0 Å². The lowest BCUT2D eigenvalue weighted by Crippen LogP contribution is -1.89. The minimum atomic E-state index is 1.21. The van der Waals surface area contributed by atoms with Gasteiger partial charge < -0.3 is 0 Å². The van der Waals surface area contributed by atoms with Crippen LogP contribution < -0.4 is 0 Å². The average molecular weight is 922 g/mol. The highest BCUT2D eigenvalue weighted by Gasteiger charge is 2.02. The first kappa shape index (κ1) is 65.2. The van der Waals surface area contributed by atoms with Crippen LogP contribution in [-0.4, -0.2) is 0 Å². The fourth-order valence-electron chi connectivity index (χ4n) is 10.6. The van der Waals surface area contributed by atoms with Gasteiger partial charge >= 0.3 is 0 Å². The quantitative estimate of drug-likeness (QED) is 0.0421. The molecule has 0 amide bonds. The number of hydrogen-bond acceptors (Lipinski definition) is 0. The largest absolute Gasteiger partial charge is 0.103 e. The number of rotatable bonds is 61. The van der Waals surface area contributed by atoms with Crippen molar-refractivity contribution in [1.82, 2.24) is 0 Å². The van der Waals surface area contributed by atoms with E-state index in [0.717, 1.165) is 0 Å². The zero-order valence-electron chi connectivity index (χ0n) is 46.4. The van der Waals surface area contributed by atoms with Crippen LogP contribution in [-0.2, 0) is 0 Å². The molecule has 0 N–H and O–H groups in total. The maximum absolute atomic E-state index is 3.84. The first-order valence-electron chi connectivity index (χ1n) is 31.7. The zero-order chi connectivity index (χ0) is 47.4. The summed E-state index contributed by atoms with van der Waals surface area (Å²) in [5.74, 6) is 0. The summed E-state index contributed by atoms with van der Waals surface area (Å²) >= 11 is 0. The lowest BCUT2D eigenvalue weighted by Gasteiger charge is -2.09. The van der Waals surface area contributed by atoms with Crippen molar-refractivity contribution >= 4 is 0 Å². The molecule has 0 saturated carbocycles. The van der Waals surface area contributed by atoms with Crippen molar-refractivity contribution in [2.75, 3.05) is 0 Å². The van der Waals surface area contributed by atoms with Gasteiger partial charge in [0.15, 0.2) is 0 Å². The Morgan fingerprint density at radius 1 is 0.212 bits per heavy atom. The SMILES string of the molecule is C=CCCCCCCCCCCCCCCCCCCCCC(=CCCCCCCCCCCCCCCCCCCCCCC)CCCCCCCCCCCCCCCCCCC=C.